The Morgan fingerprint density at radius 1 is 1.50 bits per heavy atom. The number of aryl methyl sites for hydroxylation is 1. The second kappa shape index (κ2) is 2.66. The molecule has 1 aliphatic heterocycles. The summed E-state index contributed by atoms with van der Waals surface area (Å²) in [7, 11) is 1.66. The van der Waals surface area contributed by atoms with E-state index in [-0.39, 0.29) is 0 Å². The van der Waals surface area contributed by atoms with Gasteiger partial charge in [0.2, 0.25) is 0 Å². The highest BCUT2D eigenvalue weighted by Crippen LogP contribution is 2.32. The van der Waals surface area contributed by atoms with Crippen molar-refractivity contribution in [3.8, 4) is 5.75 Å². The molecule has 0 fully saturated rings. The minimum absolute atomic E-state index is 0.811. The summed E-state index contributed by atoms with van der Waals surface area (Å²) in [6.45, 7) is 2.04. The van der Waals surface area contributed by atoms with Gasteiger partial charge in [0.25, 0.3) is 0 Å². The number of rotatable bonds is 1. The lowest BCUT2D eigenvalue weighted by molar-refractivity contribution is 0.0269. The second-order valence-electron chi connectivity index (χ2n) is 2.68. The molecule has 0 saturated heterocycles. The minimum Gasteiger partial charge on any atom is -0.540 e. The third-order valence-corrected chi connectivity index (χ3v) is 1.72. The predicted molar refractivity (Wildman–Crippen MR) is 46.6 cm³/mol. The zero-order valence-corrected chi connectivity index (χ0v) is 7.03. The van der Waals surface area contributed by atoms with Crippen LogP contribution in [0.2, 0.25) is 0 Å². The normalized spacial score (nSPS) is 15.2. The third kappa shape index (κ3) is 1.11. The topological polar surface area (TPSA) is 38.6 Å². The summed E-state index contributed by atoms with van der Waals surface area (Å²) < 4.78 is 0. The maximum atomic E-state index is 5.27. The van der Waals surface area contributed by atoms with Crippen LogP contribution in [-0.2, 0) is 0 Å². The van der Waals surface area contributed by atoms with Gasteiger partial charge in [-0.05, 0) is 24.6 Å². The molecule has 1 aliphatic rings. The molecule has 0 atom stereocenters. The fourth-order valence-electron chi connectivity index (χ4n) is 1.12. The molecule has 12 heavy (non-hydrogen) atoms. The summed E-state index contributed by atoms with van der Waals surface area (Å²) in [6.07, 6.45) is 0. The monoisotopic (exact) mass is 164 g/mol. The van der Waals surface area contributed by atoms with E-state index in [2.05, 4.69) is 10.9 Å². The van der Waals surface area contributed by atoms with Gasteiger partial charge in [0.15, 0.2) is 5.75 Å². The molecule has 1 aromatic carbocycles. The first-order chi connectivity index (χ1) is 5.79. The number of anilines is 1. The Bertz CT molecular complexity index is 300. The molecule has 64 valence electrons. The van der Waals surface area contributed by atoms with Crippen LogP contribution in [0.15, 0.2) is 18.2 Å². The molecule has 0 saturated carbocycles. The van der Waals surface area contributed by atoms with Gasteiger partial charge in [-0.3, -0.25) is 0 Å². The lowest BCUT2D eigenvalue weighted by Crippen LogP contribution is -2.21. The van der Waals surface area contributed by atoms with Gasteiger partial charge < -0.3 is 15.7 Å². The van der Waals surface area contributed by atoms with Crippen LogP contribution in [-0.4, -0.2) is 12.3 Å². The maximum absolute atomic E-state index is 5.27. The lowest BCUT2D eigenvalue weighted by Gasteiger charge is -2.25. The van der Waals surface area contributed by atoms with Gasteiger partial charge in [0.05, 0.1) is 5.69 Å². The molecule has 4 nitrogen and oxygen atoms in total. The maximum Gasteiger partial charge on any atom is 0.172 e. The average Bonchev–Trinajstić information content (AvgIpc) is 2.46. The summed E-state index contributed by atoms with van der Waals surface area (Å²) in [5.74, 6) is 0.811. The minimum atomic E-state index is 0.811. The fourth-order valence-corrected chi connectivity index (χ4v) is 1.12. The molecule has 2 rings (SSSR count). The number of hydrogen-bond acceptors (Lipinski definition) is 3. The van der Waals surface area contributed by atoms with Gasteiger partial charge in [0.1, 0.15) is 0 Å². The van der Waals surface area contributed by atoms with E-state index in [1.165, 1.54) is 10.8 Å². The quantitative estimate of drug-likeness (QED) is 0.688. The van der Waals surface area contributed by atoms with Crippen molar-refractivity contribution in [2.45, 2.75) is 6.92 Å². The van der Waals surface area contributed by atoms with E-state index >= 15 is 0 Å². The average molecular weight is 164 g/mol. The number of fused-ring (bicyclic) bond motifs is 1. The Morgan fingerprint density at radius 3 is 3.08 bits per heavy atom. The largest absolute Gasteiger partial charge is 0.540 e. The smallest absolute Gasteiger partial charge is 0.172 e. The van der Waals surface area contributed by atoms with E-state index in [1.807, 2.05) is 25.1 Å². The summed E-state index contributed by atoms with van der Waals surface area (Å²) >= 11 is 0. The highest BCUT2D eigenvalue weighted by atomic mass is 16.8. The highest BCUT2D eigenvalue weighted by Gasteiger charge is 2.12. The van der Waals surface area contributed by atoms with Crippen LogP contribution >= 0.6 is 0 Å². The second-order valence-corrected chi connectivity index (χ2v) is 2.68. The Kier molecular flexibility index (Phi) is 1.64. The number of nitrogens with one attached hydrogen (secondary N) is 1. The molecule has 0 unspecified atom stereocenters. The fraction of sp³-hybridized carbons (Fsp3) is 0.250. The molecule has 0 spiro atoms. The Balaban J connectivity index is 2.30. The van der Waals surface area contributed by atoms with Crippen LogP contribution in [0.4, 0.5) is 5.69 Å². The number of hydrogen-bond donors (Lipinski definition) is 1. The number of nitrogens with zero attached hydrogens (tertiary/aromatic N) is 2. The molecular weight excluding hydrogens is 154 g/mol. The molecule has 4 heteroatoms. The predicted octanol–water partition coefficient (Wildman–Crippen LogP) is 1.85. The van der Waals surface area contributed by atoms with Crippen LogP contribution < -0.4 is 10.3 Å². The van der Waals surface area contributed by atoms with E-state index in [9.17, 15) is 0 Å². The van der Waals surface area contributed by atoms with Crippen molar-refractivity contribution in [1.29, 1.82) is 0 Å². The molecule has 0 aliphatic carbocycles. The first-order valence-corrected chi connectivity index (χ1v) is 3.75. The molecule has 0 radical (unpaired) electrons. The zero-order chi connectivity index (χ0) is 8.55. The molecule has 0 aromatic heterocycles. The van der Waals surface area contributed by atoms with Gasteiger partial charge in [-0.1, -0.05) is 6.07 Å². The van der Waals surface area contributed by atoms with Crippen LogP contribution in [0.3, 0.4) is 0 Å². The lowest BCUT2D eigenvalue weighted by atomic mass is 10.2. The van der Waals surface area contributed by atoms with Crippen molar-refractivity contribution in [1.82, 2.24) is 5.28 Å². The Hall–Kier alpha value is -1.26. The van der Waals surface area contributed by atoms with Gasteiger partial charge in [-0.15, -0.1) is 12.3 Å². The van der Waals surface area contributed by atoms with Gasteiger partial charge in [0, 0.05) is 0 Å². The van der Waals surface area contributed by atoms with Crippen molar-refractivity contribution >= 4 is 5.69 Å². The SMILES string of the molecule is C[N-]N1Nc2cc(C)ccc2O1. The number of benzene rings is 1. The van der Waals surface area contributed by atoms with Crippen LogP contribution in [0.1, 0.15) is 5.56 Å². The van der Waals surface area contributed by atoms with Crippen molar-refractivity contribution in [2.75, 3.05) is 12.5 Å². The van der Waals surface area contributed by atoms with Gasteiger partial charge in [-0.25, -0.2) is 0 Å². The first-order valence-electron chi connectivity index (χ1n) is 3.75. The zero-order valence-electron chi connectivity index (χ0n) is 7.03. The molecule has 1 aromatic rings. The highest BCUT2D eigenvalue weighted by molar-refractivity contribution is 5.59. The summed E-state index contributed by atoms with van der Waals surface area (Å²) in [6, 6.07) is 5.93. The Morgan fingerprint density at radius 2 is 2.33 bits per heavy atom. The van der Waals surface area contributed by atoms with E-state index in [4.69, 9.17) is 4.84 Å². The van der Waals surface area contributed by atoms with Crippen molar-refractivity contribution < 1.29 is 4.84 Å². The summed E-state index contributed by atoms with van der Waals surface area (Å²) in [5, 5.41) is 1.34. The van der Waals surface area contributed by atoms with Gasteiger partial charge in [-0.2, -0.15) is 0 Å². The summed E-state index contributed by atoms with van der Waals surface area (Å²) in [5.41, 5.74) is 8.96. The van der Waals surface area contributed by atoms with Crippen molar-refractivity contribution in [3.63, 3.8) is 0 Å². The van der Waals surface area contributed by atoms with E-state index in [1.54, 1.807) is 7.05 Å². The van der Waals surface area contributed by atoms with Crippen molar-refractivity contribution in [3.05, 3.63) is 29.2 Å². The van der Waals surface area contributed by atoms with Crippen LogP contribution in [0.5, 0.6) is 5.75 Å². The summed E-state index contributed by atoms with van der Waals surface area (Å²) in [4.78, 5) is 5.27. The first kappa shape index (κ1) is 7.39. The van der Waals surface area contributed by atoms with E-state index in [0.29, 0.717) is 0 Å². The third-order valence-electron chi connectivity index (χ3n) is 1.72. The van der Waals surface area contributed by atoms with Crippen molar-refractivity contribution in [2.24, 2.45) is 0 Å². The molecular formula is C8H10N3O-. The molecule has 0 amide bonds. The van der Waals surface area contributed by atoms with Crippen LogP contribution in [0.25, 0.3) is 5.43 Å². The molecule has 1 heterocycles. The number of hydrazine groups is 1. The van der Waals surface area contributed by atoms with E-state index < -0.39 is 0 Å². The molecule has 1 N–H and O–H groups in total. The Labute approximate surface area is 71.0 Å². The standard InChI is InChI=1S/C8H10N3O/c1-6-3-4-8-7(5-6)10-11(9-2)12-8/h3-5,10H,1-2H3/q-1. The van der Waals surface area contributed by atoms with Crippen LogP contribution in [0, 0.1) is 6.92 Å². The molecule has 0 bridgehead atoms. The van der Waals surface area contributed by atoms with Gasteiger partial charge >= 0.3 is 0 Å². The van der Waals surface area contributed by atoms with E-state index in [0.717, 1.165) is 11.4 Å².